The van der Waals surface area contributed by atoms with Crippen LogP contribution in [0, 0.1) is 5.41 Å². The number of rotatable bonds is 12. The van der Waals surface area contributed by atoms with Crippen molar-refractivity contribution in [3.63, 3.8) is 0 Å². The summed E-state index contributed by atoms with van der Waals surface area (Å²) in [7, 11) is 3.08. The summed E-state index contributed by atoms with van der Waals surface area (Å²) < 4.78 is 4.90. The van der Waals surface area contributed by atoms with Gasteiger partial charge in [-0.1, -0.05) is 31.2 Å². The summed E-state index contributed by atoms with van der Waals surface area (Å²) in [6, 6.07) is 10.4. The minimum atomic E-state index is -0.549. The van der Waals surface area contributed by atoms with E-state index >= 15 is 0 Å². The second-order valence-corrected chi connectivity index (χ2v) is 7.12. The van der Waals surface area contributed by atoms with Crippen molar-refractivity contribution in [3.8, 4) is 5.88 Å². The summed E-state index contributed by atoms with van der Waals surface area (Å²) in [6.07, 6.45) is 2.54. The van der Waals surface area contributed by atoms with E-state index in [-0.39, 0.29) is 31.0 Å². The predicted molar refractivity (Wildman–Crippen MR) is 126 cm³/mol. The number of nitrogens with zero attached hydrogens (tertiary/aromatic N) is 4. The molecule has 1 atom stereocenters. The predicted octanol–water partition coefficient (Wildman–Crippen LogP) is 0.531. The highest BCUT2D eigenvalue weighted by atomic mass is 16.5. The molecule has 2 amide bonds. The topological polar surface area (TPSA) is 159 Å². The molecule has 11 nitrogen and oxygen atoms in total. The third-order valence-corrected chi connectivity index (χ3v) is 4.73. The molecule has 0 saturated carbocycles. The van der Waals surface area contributed by atoms with E-state index in [1.165, 1.54) is 29.8 Å². The molecule has 2 aromatic rings. The zero-order chi connectivity index (χ0) is 24.2. The average molecular weight is 455 g/mol. The molecule has 2 rings (SSSR count). The summed E-state index contributed by atoms with van der Waals surface area (Å²) in [5, 5.41) is 22.3. The maximum atomic E-state index is 12.5. The third kappa shape index (κ3) is 8.05. The number of hydrogen-bond donors (Lipinski definition) is 4. The van der Waals surface area contributed by atoms with E-state index in [1.54, 1.807) is 13.3 Å². The number of amides is 2. The van der Waals surface area contributed by atoms with Crippen LogP contribution in [0.4, 0.5) is 0 Å². The summed E-state index contributed by atoms with van der Waals surface area (Å²) in [4.78, 5) is 28.6. The molecule has 0 fully saturated rings. The van der Waals surface area contributed by atoms with E-state index in [0.717, 1.165) is 12.0 Å². The van der Waals surface area contributed by atoms with Crippen LogP contribution in [0.3, 0.4) is 0 Å². The second kappa shape index (κ2) is 13.0. The van der Waals surface area contributed by atoms with Gasteiger partial charge in [0, 0.05) is 32.4 Å². The molecule has 1 heterocycles. The Balaban J connectivity index is 1.81. The lowest BCUT2D eigenvalue weighted by Gasteiger charge is -2.19. The van der Waals surface area contributed by atoms with Crippen molar-refractivity contribution in [1.29, 1.82) is 5.41 Å². The largest absolute Gasteiger partial charge is 0.480 e. The van der Waals surface area contributed by atoms with Crippen LogP contribution in [0.5, 0.6) is 5.88 Å². The average Bonchev–Trinajstić information content (AvgIpc) is 2.83. The van der Waals surface area contributed by atoms with Crippen LogP contribution >= 0.6 is 0 Å². The monoisotopic (exact) mass is 454 g/mol. The molecule has 0 aliphatic carbocycles. The molecule has 176 valence electrons. The number of methoxy groups -OCH3 is 1. The van der Waals surface area contributed by atoms with Gasteiger partial charge in [-0.15, -0.1) is 10.2 Å². The zero-order valence-corrected chi connectivity index (χ0v) is 19.0. The van der Waals surface area contributed by atoms with Crippen LogP contribution in [0.25, 0.3) is 0 Å². The number of carbonyl (C=O) groups is 2. The number of aryl methyl sites for hydroxylation is 1. The lowest BCUT2D eigenvalue weighted by atomic mass is 10.0. The number of nitrogens with two attached hydrogens (primary N) is 1. The summed E-state index contributed by atoms with van der Waals surface area (Å²) in [6.45, 7) is 2.41. The second-order valence-electron chi connectivity index (χ2n) is 7.12. The van der Waals surface area contributed by atoms with Gasteiger partial charge in [-0.2, -0.15) is 0 Å². The first kappa shape index (κ1) is 25.6. The van der Waals surface area contributed by atoms with Crippen LogP contribution in [-0.4, -0.2) is 72.7 Å². The van der Waals surface area contributed by atoms with Gasteiger partial charge < -0.3 is 15.4 Å². The van der Waals surface area contributed by atoms with Crippen LogP contribution in [0.15, 0.2) is 41.4 Å². The fraction of sp³-hybridized carbons (Fsp3) is 0.364. The van der Waals surface area contributed by atoms with Gasteiger partial charge in [0.25, 0.3) is 11.8 Å². The molecule has 0 aliphatic rings. The molecule has 1 unspecified atom stereocenters. The van der Waals surface area contributed by atoms with Crippen LogP contribution < -0.4 is 21.2 Å². The number of aliphatic imine (C=N–C) groups is 1. The standard InChI is InChI=1S/C22H30N8O3/c1-4-15-5-7-16(8-6-15)19(13-25-2)27-21(31)17(23)14-30(24)12-11-26-22(32)18-9-10-20(33-3)29-28-18/h5-10,13,19,23H,4,11-12,14,24H2,1-3H3,(H,26,32)(H,27,31). The highest BCUT2D eigenvalue weighted by Gasteiger charge is 2.18. The Hall–Kier alpha value is -3.70. The van der Waals surface area contributed by atoms with Gasteiger partial charge in [-0.3, -0.25) is 25.8 Å². The van der Waals surface area contributed by atoms with Crippen molar-refractivity contribution in [2.45, 2.75) is 19.4 Å². The molecular weight excluding hydrogens is 424 g/mol. The molecule has 0 spiro atoms. The Morgan fingerprint density at radius 3 is 2.55 bits per heavy atom. The molecule has 33 heavy (non-hydrogen) atoms. The van der Waals surface area contributed by atoms with Gasteiger partial charge in [0.1, 0.15) is 5.71 Å². The quantitative estimate of drug-likeness (QED) is 0.207. The third-order valence-electron chi connectivity index (χ3n) is 4.73. The molecule has 0 aliphatic heterocycles. The number of benzene rings is 1. The molecular formula is C22H30N8O3. The van der Waals surface area contributed by atoms with E-state index in [0.29, 0.717) is 5.88 Å². The summed E-state index contributed by atoms with van der Waals surface area (Å²) in [5.74, 6) is 5.24. The normalized spacial score (nSPS) is 11.9. The van der Waals surface area contributed by atoms with E-state index in [9.17, 15) is 9.59 Å². The number of hydrazine groups is 1. The Morgan fingerprint density at radius 2 is 1.97 bits per heavy atom. The fourth-order valence-electron chi connectivity index (χ4n) is 2.85. The van der Waals surface area contributed by atoms with Gasteiger partial charge >= 0.3 is 0 Å². The highest BCUT2D eigenvalue weighted by Crippen LogP contribution is 2.13. The van der Waals surface area contributed by atoms with Gasteiger partial charge in [0.2, 0.25) is 5.88 Å². The van der Waals surface area contributed by atoms with Crippen molar-refractivity contribution in [1.82, 2.24) is 25.8 Å². The molecule has 1 aromatic carbocycles. The molecule has 11 heteroatoms. The Morgan fingerprint density at radius 1 is 1.24 bits per heavy atom. The smallest absolute Gasteiger partial charge is 0.271 e. The molecule has 0 radical (unpaired) electrons. The van der Waals surface area contributed by atoms with Crippen LogP contribution in [0.1, 0.15) is 34.6 Å². The molecule has 5 N–H and O–H groups in total. The first-order valence-electron chi connectivity index (χ1n) is 10.4. The molecule has 0 bridgehead atoms. The molecule has 1 aromatic heterocycles. The first-order chi connectivity index (χ1) is 15.9. The van der Waals surface area contributed by atoms with Crippen molar-refractivity contribution in [2.75, 3.05) is 33.8 Å². The van der Waals surface area contributed by atoms with E-state index in [2.05, 4.69) is 32.7 Å². The van der Waals surface area contributed by atoms with Crippen molar-refractivity contribution < 1.29 is 14.3 Å². The summed E-state index contributed by atoms with van der Waals surface area (Å²) >= 11 is 0. The number of ether oxygens (including phenoxy) is 1. The first-order valence-corrected chi connectivity index (χ1v) is 10.4. The van der Waals surface area contributed by atoms with Gasteiger partial charge in [0.15, 0.2) is 5.69 Å². The van der Waals surface area contributed by atoms with Crippen molar-refractivity contribution >= 4 is 23.7 Å². The SMILES string of the molecule is CCc1ccc(C(C=NC)NC(=O)C(=N)CN(N)CCNC(=O)c2ccc(OC)nn2)cc1. The minimum Gasteiger partial charge on any atom is -0.480 e. The van der Waals surface area contributed by atoms with E-state index in [4.69, 9.17) is 16.0 Å². The van der Waals surface area contributed by atoms with Gasteiger partial charge in [-0.05, 0) is 23.6 Å². The Bertz CT molecular complexity index is 961. The number of hydrogen-bond acceptors (Lipinski definition) is 9. The number of carbonyl (C=O) groups excluding carboxylic acids is 2. The lowest BCUT2D eigenvalue weighted by Crippen LogP contribution is -2.46. The zero-order valence-electron chi connectivity index (χ0n) is 19.0. The van der Waals surface area contributed by atoms with Crippen LogP contribution in [-0.2, 0) is 11.2 Å². The minimum absolute atomic E-state index is 0.0885. The highest BCUT2D eigenvalue weighted by molar-refractivity contribution is 6.38. The van der Waals surface area contributed by atoms with E-state index in [1.807, 2.05) is 24.3 Å². The van der Waals surface area contributed by atoms with Gasteiger partial charge in [0.05, 0.1) is 19.7 Å². The Kier molecular flexibility index (Phi) is 10.1. The number of aromatic nitrogens is 2. The maximum Gasteiger partial charge on any atom is 0.271 e. The Labute approximate surface area is 192 Å². The summed E-state index contributed by atoms with van der Waals surface area (Å²) in [5.41, 5.74) is 1.99. The van der Waals surface area contributed by atoms with Gasteiger partial charge in [-0.25, -0.2) is 5.01 Å². The fourth-order valence-corrected chi connectivity index (χ4v) is 2.85. The maximum absolute atomic E-state index is 12.5. The number of nitrogens with one attached hydrogen (secondary N) is 3. The van der Waals surface area contributed by atoms with Crippen molar-refractivity contribution in [3.05, 3.63) is 53.2 Å². The van der Waals surface area contributed by atoms with Crippen LogP contribution in [0.2, 0.25) is 0 Å². The van der Waals surface area contributed by atoms with Crippen molar-refractivity contribution in [2.24, 2.45) is 10.8 Å². The lowest BCUT2D eigenvalue weighted by molar-refractivity contribution is -0.115. The molecule has 0 saturated heterocycles. The van der Waals surface area contributed by atoms with E-state index < -0.39 is 17.9 Å².